The molecule has 0 aromatic heterocycles. The highest BCUT2D eigenvalue weighted by molar-refractivity contribution is 7.90. The second-order valence-corrected chi connectivity index (χ2v) is 10.1. The van der Waals surface area contributed by atoms with E-state index in [1.54, 1.807) is 42.5 Å². The molecule has 0 heterocycles. The number of nitrogens with one attached hydrogen (secondary N) is 3. The van der Waals surface area contributed by atoms with Crippen molar-refractivity contribution >= 4 is 51.0 Å². The Kier molecular flexibility index (Phi) is 8.34. The van der Waals surface area contributed by atoms with Gasteiger partial charge in [0.1, 0.15) is 5.82 Å². The normalized spacial score (nSPS) is 12.0. The van der Waals surface area contributed by atoms with E-state index in [-0.39, 0.29) is 17.0 Å². The van der Waals surface area contributed by atoms with Gasteiger partial charge in [0.15, 0.2) is 15.9 Å². The Balaban J connectivity index is 1.74. The van der Waals surface area contributed by atoms with Crippen LogP contribution in [0.5, 0.6) is 0 Å². The zero-order chi connectivity index (χ0) is 25.6. The standard InChI is InChI=1S/C24H22ClFN4O4S/c1-35(33,34)22-5-3-2-4-18(22)15-6-11-20(19(26)14-15)29-23(31)21(12-13-27)30-24(32)28-17-9-7-16(25)8-10-17/h2-11,13-14,21,27H,12H2,1H3,(H,29,31)(H2,28,30,32)/p+1. The first-order valence-corrected chi connectivity index (χ1v) is 12.7. The van der Waals surface area contributed by atoms with Crippen molar-refractivity contribution in [3.63, 3.8) is 0 Å². The number of rotatable bonds is 8. The van der Waals surface area contributed by atoms with Gasteiger partial charge in [-0.3, -0.25) is 15.4 Å². The Morgan fingerprint density at radius 2 is 1.77 bits per heavy atom. The number of halogens is 2. The van der Waals surface area contributed by atoms with Crippen LogP contribution in [0.1, 0.15) is 6.42 Å². The third-order valence-electron chi connectivity index (χ3n) is 5.00. The minimum absolute atomic E-state index is 0.0588. The van der Waals surface area contributed by atoms with E-state index in [0.717, 1.165) is 23.9 Å². The Morgan fingerprint density at radius 3 is 2.40 bits per heavy atom. The van der Waals surface area contributed by atoms with Gasteiger partial charge >= 0.3 is 6.03 Å². The molecule has 0 aliphatic carbocycles. The summed E-state index contributed by atoms with van der Waals surface area (Å²) >= 11 is 5.82. The Hall–Kier alpha value is -3.60. The quantitative estimate of drug-likeness (QED) is 0.339. The van der Waals surface area contributed by atoms with E-state index in [0.29, 0.717) is 21.8 Å². The van der Waals surface area contributed by atoms with Gasteiger partial charge in [0, 0.05) is 35.2 Å². The molecule has 0 saturated heterocycles. The van der Waals surface area contributed by atoms with E-state index in [1.807, 2.05) is 0 Å². The summed E-state index contributed by atoms with van der Waals surface area (Å²) in [5, 5.41) is 14.0. The molecule has 0 aliphatic heterocycles. The van der Waals surface area contributed by atoms with Crippen LogP contribution in [0.4, 0.5) is 20.6 Å². The number of anilines is 2. The molecule has 0 bridgehead atoms. The Bertz CT molecular complexity index is 1360. The van der Waals surface area contributed by atoms with Gasteiger partial charge in [-0.1, -0.05) is 35.9 Å². The monoisotopic (exact) mass is 517 g/mol. The molecule has 35 heavy (non-hydrogen) atoms. The maximum absolute atomic E-state index is 14.8. The molecular formula is C24H23ClFN4O4S+. The van der Waals surface area contributed by atoms with Crippen LogP contribution in [0.15, 0.2) is 71.6 Å². The average molecular weight is 518 g/mol. The van der Waals surface area contributed by atoms with Crippen LogP contribution < -0.4 is 16.0 Å². The lowest BCUT2D eigenvalue weighted by Crippen LogP contribution is -2.96. The fraction of sp³-hybridized carbons (Fsp3) is 0.125. The number of hydrogen-bond acceptors (Lipinski definition) is 5. The molecule has 3 rings (SSSR count). The molecule has 0 fully saturated rings. The van der Waals surface area contributed by atoms with Crippen LogP contribution in [-0.2, 0) is 14.6 Å². The first-order chi connectivity index (χ1) is 16.6. The van der Waals surface area contributed by atoms with Crippen LogP contribution in [-0.4, -0.2) is 38.9 Å². The van der Waals surface area contributed by atoms with Gasteiger partial charge in [0.05, 0.1) is 10.6 Å². The van der Waals surface area contributed by atoms with Gasteiger partial charge in [-0.05, 0) is 48.0 Å². The Labute approximate surface area is 206 Å². The van der Waals surface area contributed by atoms with Crippen molar-refractivity contribution in [1.82, 2.24) is 0 Å². The number of sulfone groups is 1. The first kappa shape index (κ1) is 26.0. The van der Waals surface area contributed by atoms with Crippen LogP contribution in [0, 0.1) is 11.2 Å². The number of primary amides is 1. The number of carbonyl (C=O) groups is 2. The number of urea groups is 1. The van der Waals surface area contributed by atoms with Gasteiger partial charge < -0.3 is 10.7 Å². The maximum atomic E-state index is 14.8. The van der Waals surface area contributed by atoms with Crippen LogP contribution in [0.3, 0.4) is 0 Å². The second kappa shape index (κ2) is 11.2. The SMILES string of the molecule is CS(=O)(=O)c1ccccc1-c1ccc(NC(=O)C(CC=N)[NH2+]C(=O)Nc2ccc(Cl)cc2)c(F)c1. The minimum Gasteiger partial charge on any atom is -0.318 e. The molecule has 0 radical (unpaired) electrons. The molecular weight excluding hydrogens is 495 g/mol. The summed E-state index contributed by atoms with van der Waals surface area (Å²) in [6, 6.07) is 15.0. The van der Waals surface area contributed by atoms with Crippen LogP contribution in [0.2, 0.25) is 5.02 Å². The predicted molar refractivity (Wildman–Crippen MR) is 133 cm³/mol. The summed E-state index contributed by atoms with van der Waals surface area (Å²) in [6.45, 7) is 0. The molecule has 0 spiro atoms. The largest absolute Gasteiger partial charge is 0.418 e. The summed E-state index contributed by atoms with van der Waals surface area (Å²) in [6.07, 6.45) is 1.99. The average Bonchev–Trinajstić information content (AvgIpc) is 2.81. The molecule has 0 saturated carbocycles. The van der Waals surface area contributed by atoms with Crippen molar-refractivity contribution in [2.45, 2.75) is 17.4 Å². The molecule has 11 heteroatoms. The summed E-state index contributed by atoms with van der Waals surface area (Å²) in [7, 11) is -3.54. The van der Waals surface area contributed by atoms with Crippen molar-refractivity contribution < 1.29 is 27.7 Å². The summed E-state index contributed by atoms with van der Waals surface area (Å²) in [5.41, 5.74) is 0.991. The van der Waals surface area contributed by atoms with Crippen LogP contribution in [0.25, 0.3) is 11.1 Å². The van der Waals surface area contributed by atoms with Crippen molar-refractivity contribution in [2.24, 2.45) is 0 Å². The van der Waals surface area contributed by atoms with E-state index in [4.69, 9.17) is 17.0 Å². The lowest BCUT2D eigenvalue weighted by atomic mass is 10.0. The number of nitrogens with two attached hydrogens (primary N) is 1. The lowest BCUT2D eigenvalue weighted by Gasteiger charge is -2.14. The van der Waals surface area contributed by atoms with Crippen LogP contribution >= 0.6 is 11.6 Å². The summed E-state index contributed by atoms with van der Waals surface area (Å²) < 4.78 is 39.0. The van der Waals surface area contributed by atoms with Gasteiger partial charge in [0.2, 0.25) is 0 Å². The summed E-state index contributed by atoms with van der Waals surface area (Å²) in [5.74, 6) is -1.46. The number of amides is 3. The van der Waals surface area contributed by atoms with Crippen molar-refractivity contribution in [3.8, 4) is 11.1 Å². The highest BCUT2D eigenvalue weighted by atomic mass is 35.5. The fourth-order valence-corrected chi connectivity index (χ4v) is 4.35. The number of quaternary nitrogens is 1. The molecule has 3 aromatic rings. The van der Waals surface area contributed by atoms with Crippen molar-refractivity contribution in [3.05, 3.63) is 77.6 Å². The van der Waals surface area contributed by atoms with Gasteiger partial charge in [-0.2, -0.15) is 0 Å². The van der Waals surface area contributed by atoms with Gasteiger partial charge in [-0.25, -0.2) is 17.6 Å². The van der Waals surface area contributed by atoms with E-state index in [9.17, 15) is 22.4 Å². The summed E-state index contributed by atoms with van der Waals surface area (Å²) in [4.78, 5) is 25.1. The minimum atomic E-state index is -3.54. The smallest absolute Gasteiger partial charge is 0.318 e. The third-order valence-corrected chi connectivity index (χ3v) is 6.40. The molecule has 1 atom stereocenters. The lowest BCUT2D eigenvalue weighted by molar-refractivity contribution is -0.575. The molecule has 3 amide bonds. The van der Waals surface area contributed by atoms with E-state index in [2.05, 4.69) is 10.6 Å². The van der Waals surface area contributed by atoms with Crippen molar-refractivity contribution in [2.75, 3.05) is 16.9 Å². The molecule has 3 aromatic carbocycles. The maximum Gasteiger partial charge on any atom is 0.418 e. The van der Waals surface area contributed by atoms with Crippen molar-refractivity contribution in [1.29, 1.82) is 5.41 Å². The third kappa shape index (κ3) is 6.95. The van der Waals surface area contributed by atoms with E-state index in [1.165, 1.54) is 18.2 Å². The molecule has 5 N–H and O–H groups in total. The predicted octanol–water partition coefficient (Wildman–Crippen LogP) is 3.69. The number of hydrogen-bond donors (Lipinski definition) is 4. The van der Waals surface area contributed by atoms with Gasteiger partial charge in [-0.15, -0.1) is 0 Å². The first-order valence-electron chi connectivity index (χ1n) is 10.4. The number of benzene rings is 3. The second-order valence-electron chi connectivity index (χ2n) is 7.66. The fourth-order valence-electron chi connectivity index (χ4n) is 3.32. The van der Waals surface area contributed by atoms with Gasteiger partial charge in [0.25, 0.3) is 5.91 Å². The van der Waals surface area contributed by atoms with E-state index >= 15 is 0 Å². The molecule has 8 nitrogen and oxygen atoms in total. The highest BCUT2D eigenvalue weighted by Crippen LogP contribution is 2.29. The van der Waals surface area contributed by atoms with E-state index < -0.39 is 33.6 Å². The molecule has 182 valence electrons. The number of carbonyl (C=O) groups excluding carboxylic acids is 2. The molecule has 0 aliphatic rings. The topological polar surface area (TPSA) is 133 Å². The zero-order valence-electron chi connectivity index (χ0n) is 18.6. The molecule has 1 unspecified atom stereocenters. The highest BCUT2D eigenvalue weighted by Gasteiger charge is 2.26. The zero-order valence-corrected chi connectivity index (χ0v) is 20.2. The Morgan fingerprint density at radius 1 is 1.09 bits per heavy atom.